The zero-order chi connectivity index (χ0) is 10.1. The van der Waals surface area contributed by atoms with E-state index in [0.717, 1.165) is 6.08 Å². The number of aliphatic hydroxyl groups is 1. The number of carbonyl (C=O) groups is 1. The molecule has 3 nitrogen and oxygen atoms in total. The van der Waals surface area contributed by atoms with Gasteiger partial charge < -0.3 is 15.0 Å². The van der Waals surface area contributed by atoms with Crippen LogP contribution in [0, 0.1) is 5.92 Å². The van der Waals surface area contributed by atoms with Gasteiger partial charge in [-0.05, 0) is 12.0 Å². The van der Waals surface area contributed by atoms with E-state index >= 15 is 0 Å². The van der Waals surface area contributed by atoms with Crippen molar-refractivity contribution in [3.05, 3.63) is 36.5 Å². The molecular weight excluding hydrogens is 191 g/mol. The number of carboxylic acid groups (broad SMARTS) is 1. The van der Waals surface area contributed by atoms with Crippen molar-refractivity contribution >= 4 is 5.97 Å². The Kier molecular flexibility index (Phi) is 12.3. The molecule has 0 saturated heterocycles. The Hall–Kier alpha value is -0.350. The van der Waals surface area contributed by atoms with Crippen LogP contribution in [0.25, 0.3) is 0 Å². The molecule has 0 aromatic heterocycles. The Labute approximate surface area is 106 Å². The van der Waals surface area contributed by atoms with Crippen molar-refractivity contribution in [3.8, 4) is 0 Å². The molecule has 0 radical (unpaired) electrons. The molecule has 0 bridgehead atoms. The van der Waals surface area contributed by atoms with E-state index in [-0.39, 0.29) is 42.1 Å². The molecule has 0 aliphatic carbocycles. The fourth-order valence-electron chi connectivity index (χ4n) is 0.577. The number of allylic oxidation sites excluding steroid dienone is 4. The molecule has 0 saturated carbocycles. The first-order valence-electron chi connectivity index (χ1n) is 4.00. The molecule has 4 heteroatoms. The first-order chi connectivity index (χ1) is 6.16. The number of hydrogen-bond donors (Lipinski definition) is 1. The molecule has 1 atom stereocenters. The maximum Gasteiger partial charge on any atom is 1.00 e. The molecule has 0 aromatic rings. The van der Waals surface area contributed by atoms with Crippen LogP contribution in [0.3, 0.4) is 0 Å². The van der Waals surface area contributed by atoms with Crippen molar-refractivity contribution in [2.45, 2.75) is 6.92 Å². The average molecular weight is 204 g/mol. The zero-order valence-electron chi connectivity index (χ0n) is 8.51. The molecule has 0 heterocycles. The van der Waals surface area contributed by atoms with Crippen molar-refractivity contribution in [2.75, 3.05) is 6.61 Å². The van der Waals surface area contributed by atoms with Gasteiger partial charge in [0.15, 0.2) is 0 Å². The largest absolute Gasteiger partial charge is 1.00 e. The van der Waals surface area contributed by atoms with Crippen LogP contribution in [0.4, 0.5) is 0 Å². The van der Waals surface area contributed by atoms with E-state index in [4.69, 9.17) is 5.11 Å². The topological polar surface area (TPSA) is 60.4 Å². The Morgan fingerprint density at radius 1 is 1.36 bits per heavy atom. The monoisotopic (exact) mass is 204 g/mol. The van der Waals surface area contributed by atoms with Crippen LogP contribution < -0.4 is 34.7 Å². The van der Waals surface area contributed by atoms with Crippen molar-refractivity contribution in [1.82, 2.24) is 0 Å². The predicted molar refractivity (Wildman–Crippen MR) is 48.7 cm³/mol. The minimum absolute atomic E-state index is 0. The van der Waals surface area contributed by atoms with Gasteiger partial charge in [-0.3, -0.25) is 0 Å². The van der Waals surface area contributed by atoms with Gasteiger partial charge in [-0.2, -0.15) is 0 Å². The molecule has 0 unspecified atom stereocenters. The number of aliphatic hydroxyl groups excluding tert-OH is 1. The Morgan fingerprint density at radius 3 is 2.43 bits per heavy atom. The standard InChI is InChI=1S/C10H14O3.Na/c1-9(8-11)6-4-2-3-5-7-10(12)13;/h2-7,9,11H,8H2,1H3,(H,12,13);/q;+1/p-1/b3-2+,6-4+,7-5+;/t9-;/m0./s1. The summed E-state index contributed by atoms with van der Waals surface area (Å²) in [5, 5.41) is 18.5. The number of carboxylic acids is 1. The van der Waals surface area contributed by atoms with E-state index in [0.29, 0.717) is 0 Å². The number of hydrogen-bond acceptors (Lipinski definition) is 3. The summed E-state index contributed by atoms with van der Waals surface area (Å²) >= 11 is 0. The second kappa shape index (κ2) is 10.7. The summed E-state index contributed by atoms with van der Waals surface area (Å²) in [6, 6.07) is 0. The maximum absolute atomic E-state index is 9.90. The normalized spacial score (nSPS) is 13.6. The van der Waals surface area contributed by atoms with E-state index in [1.807, 2.05) is 13.0 Å². The van der Waals surface area contributed by atoms with E-state index < -0.39 is 5.97 Å². The summed E-state index contributed by atoms with van der Waals surface area (Å²) in [6.07, 6.45) is 9.16. The van der Waals surface area contributed by atoms with Crippen LogP contribution in [-0.4, -0.2) is 17.7 Å². The summed E-state index contributed by atoms with van der Waals surface area (Å²) in [5.74, 6) is -1.09. The second-order valence-corrected chi connectivity index (χ2v) is 2.61. The molecule has 14 heavy (non-hydrogen) atoms. The summed E-state index contributed by atoms with van der Waals surface area (Å²) in [6.45, 7) is 1.99. The molecule has 0 fully saturated rings. The molecule has 0 aliphatic heterocycles. The van der Waals surface area contributed by atoms with Gasteiger partial charge in [0, 0.05) is 6.61 Å². The van der Waals surface area contributed by atoms with Crippen LogP contribution in [0.5, 0.6) is 0 Å². The van der Waals surface area contributed by atoms with E-state index in [9.17, 15) is 9.90 Å². The van der Waals surface area contributed by atoms with Gasteiger partial charge in [-0.15, -0.1) is 0 Å². The number of rotatable bonds is 5. The minimum Gasteiger partial charge on any atom is -0.545 e. The van der Waals surface area contributed by atoms with Crippen molar-refractivity contribution in [2.24, 2.45) is 5.92 Å². The Morgan fingerprint density at radius 2 is 1.93 bits per heavy atom. The average Bonchev–Trinajstić information content (AvgIpc) is 2.10. The molecule has 1 N–H and O–H groups in total. The van der Waals surface area contributed by atoms with Crippen molar-refractivity contribution in [3.63, 3.8) is 0 Å². The summed E-state index contributed by atoms with van der Waals surface area (Å²) in [5.41, 5.74) is 0. The Balaban J connectivity index is 0. The summed E-state index contributed by atoms with van der Waals surface area (Å²) < 4.78 is 0. The molecule has 0 rings (SSSR count). The van der Waals surface area contributed by atoms with Crippen LogP contribution in [-0.2, 0) is 4.79 Å². The van der Waals surface area contributed by atoms with Gasteiger partial charge in [-0.25, -0.2) is 0 Å². The van der Waals surface area contributed by atoms with Crippen molar-refractivity contribution < 1.29 is 44.6 Å². The van der Waals surface area contributed by atoms with E-state index in [2.05, 4.69) is 0 Å². The number of carbonyl (C=O) groups excluding carboxylic acids is 1. The smallest absolute Gasteiger partial charge is 0.545 e. The van der Waals surface area contributed by atoms with E-state index in [1.54, 1.807) is 18.2 Å². The second-order valence-electron chi connectivity index (χ2n) is 2.61. The predicted octanol–water partition coefficient (Wildman–Crippen LogP) is -2.96. The molecular formula is C10H13NaO3. The first-order valence-corrected chi connectivity index (χ1v) is 4.00. The van der Waals surface area contributed by atoms with Crippen molar-refractivity contribution in [1.29, 1.82) is 0 Å². The maximum atomic E-state index is 9.90. The molecule has 0 aromatic carbocycles. The van der Waals surface area contributed by atoms with Gasteiger partial charge in [0.1, 0.15) is 0 Å². The van der Waals surface area contributed by atoms with Gasteiger partial charge in [0.2, 0.25) is 0 Å². The Bertz CT molecular complexity index is 232. The zero-order valence-corrected chi connectivity index (χ0v) is 10.5. The third kappa shape index (κ3) is 11.6. The van der Waals surface area contributed by atoms with Crippen LogP contribution in [0.2, 0.25) is 0 Å². The third-order valence-corrected chi connectivity index (χ3v) is 1.29. The number of aliphatic carboxylic acids is 1. The van der Waals surface area contributed by atoms with Crippen LogP contribution in [0.1, 0.15) is 6.92 Å². The molecule has 0 spiro atoms. The van der Waals surface area contributed by atoms with Gasteiger partial charge in [0.05, 0.1) is 5.97 Å². The van der Waals surface area contributed by atoms with Gasteiger partial charge in [0.25, 0.3) is 0 Å². The summed E-state index contributed by atoms with van der Waals surface area (Å²) in [7, 11) is 0. The quantitative estimate of drug-likeness (QED) is 0.296. The molecule has 72 valence electrons. The minimum atomic E-state index is -1.21. The van der Waals surface area contributed by atoms with Gasteiger partial charge >= 0.3 is 29.6 Å². The van der Waals surface area contributed by atoms with Crippen LogP contribution >= 0.6 is 0 Å². The third-order valence-electron chi connectivity index (χ3n) is 1.29. The molecule has 0 amide bonds. The van der Waals surface area contributed by atoms with E-state index in [1.165, 1.54) is 6.08 Å². The van der Waals surface area contributed by atoms with Crippen LogP contribution in [0.15, 0.2) is 36.5 Å². The molecule has 0 aliphatic rings. The fraction of sp³-hybridized carbons (Fsp3) is 0.300. The fourth-order valence-corrected chi connectivity index (χ4v) is 0.577. The van der Waals surface area contributed by atoms with Gasteiger partial charge in [-0.1, -0.05) is 37.3 Å². The first kappa shape index (κ1) is 16.1. The SMILES string of the molecule is C[C@@H](/C=C/C=C/C=C/C(=O)[O-])CO.[Na+]. The summed E-state index contributed by atoms with van der Waals surface area (Å²) in [4.78, 5) is 9.90.